The summed E-state index contributed by atoms with van der Waals surface area (Å²) >= 11 is 1.97. The van der Waals surface area contributed by atoms with E-state index in [0.29, 0.717) is 6.04 Å². The summed E-state index contributed by atoms with van der Waals surface area (Å²) in [5.41, 5.74) is 1.00. The van der Waals surface area contributed by atoms with Crippen LogP contribution < -0.4 is 10.1 Å². The van der Waals surface area contributed by atoms with E-state index in [1.165, 1.54) is 25.3 Å². The molecule has 1 aromatic carbocycles. The lowest BCUT2D eigenvalue weighted by Crippen LogP contribution is -2.36. The molecule has 4 heteroatoms. The van der Waals surface area contributed by atoms with Gasteiger partial charge < -0.3 is 10.1 Å². The Morgan fingerprint density at radius 2 is 2.32 bits per heavy atom. The first-order valence-corrected chi connectivity index (χ1v) is 8.24. The summed E-state index contributed by atoms with van der Waals surface area (Å²) < 4.78 is 19.0. The quantitative estimate of drug-likeness (QED) is 0.916. The van der Waals surface area contributed by atoms with Gasteiger partial charge in [0.2, 0.25) is 0 Å². The Kier molecular flexibility index (Phi) is 3.99. The molecule has 104 valence electrons. The van der Waals surface area contributed by atoms with E-state index < -0.39 is 0 Å². The molecule has 0 amide bonds. The number of halogens is 1. The fraction of sp³-hybridized carbons (Fsp3) is 0.600. The molecule has 0 bridgehead atoms. The first kappa shape index (κ1) is 13.3. The second-order valence-corrected chi connectivity index (χ2v) is 6.61. The van der Waals surface area contributed by atoms with E-state index in [0.717, 1.165) is 29.5 Å². The number of thioether (sulfide) groups is 1. The standard InChI is InChI=1S/C15H20FNOS/c1-19-14-4-3-12(8-14)17-9-13-7-10-6-11(16)2-5-15(10)18-13/h2,5-6,12-14,17H,3-4,7-9H2,1H3. The van der Waals surface area contributed by atoms with Crippen LogP contribution >= 0.6 is 11.8 Å². The first-order chi connectivity index (χ1) is 9.24. The van der Waals surface area contributed by atoms with Crippen LogP contribution in [0.2, 0.25) is 0 Å². The van der Waals surface area contributed by atoms with Crippen LogP contribution in [-0.4, -0.2) is 30.2 Å². The van der Waals surface area contributed by atoms with Crippen molar-refractivity contribution in [2.75, 3.05) is 12.8 Å². The van der Waals surface area contributed by atoms with Crippen molar-refractivity contribution in [1.82, 2.24) is 5.32 Å². The van der Waals surface area contributed by atoms with E-state index in [1.54, 1.807) is 12.1 Å². The van der Waals surface area contributed by atoms with Gasteiger partial charge in [0.05, 0.1) is 0 Å². The number of ether oxygens (including phenoxy) is 1. The highest BCUT2D eigenvalue weighted by atomic mass is 32.2. The number of benzene rings is 1. The molecular formula is C15H20FNOS. The summed E-state index contributed by atoms with van der Waals surface area (Å²) in [4.78, 5) is 0. The van der Waals surface area contributed by atoms with Crippen molar-refractivity contribution in [2.45, 2.75) is 43.1 Å². The van der Waals surface area contributed by atoms with Gasteiger partial charge in [0.15, 0.2) is 0 Å². The smallest absolute Gasteiger partial charge is 0.123 e. The van der Waals surface area contributed by atoms with Crippen molar-refractivity contribution in [1.29, 1.82) is 0 Å². The minimum atomic E-state index is -0.172. The molecular weight excluding hydrogens is 261 g/mol. The molecule has 3 unspecified atom stereocenters. The SMILES string of the molecule is CSC1CCC(NCC2Cc3cc(F)ccc3O2)C1. The van der Waals surface area contributed by atoms with Gasteiger partial charge >= 0.3 is 0 Å². The van der Waals surface area contributed by atoms with Crippen LogP contribution in [0, 0.1) is 5.82 Å². The van der Waals surface area contributed by atoms with Gasteiger partial charge in [-0.1, -0.05) is 0 Å². The second-order valence-electron chi connectivity index (χ2n) is 5.47. The van der Waals surface area contributed by atoms with Crippen molar-refractivity contribution in [3.63, 3.8) is 0 Å². The Morgan fingerprint density at radius 3 is 3.11 bits per heavy atom. The lowest BCUT2D eigenvalue weighted by Gasteiger charge is -2.16. The Balaban J connectivity index is 1.48. The molecule has 0 spiro atoms. The van der Waals surface area contributed by atoms with Crippen molar-refractivity contribution < 1.29 is 9.13 Å². The summed E-state index contributed by atoms with van der Waals surface area (Å²) in [5.74, 6) is 0.677. The molecule has 2 aliphatic rings. The normalized spacial score (nSPS) is 29.3. The fourth-order valence-electron chi connectivity index (χ4n) is 3.04. The van der Waals surface area contributed by atoms with E-state index in [4.69, 9.17) is 4.74 Å². The predicted molar refractivity (Wildman–Crippen MR) is 77.5 cm³/mol. The van der Waals surface area contributed by atoms with Crippen LogP contribution in [0.25, 0.3) is 0 Å². The number of rotatable bonds is 4. The van der Waals surface area contributed by atoms with Crippen LogP contribution in [-0.2, 0) is 6.42 Å². The lowest BCUT2D eigenvalue weighted by atomic mass is 10.1. The molecule has 1 saturated carbocycles. The molecule has 1 N–H and O–H groups in total. The number of hydrogen-bond donors (Lipinski definition) is 1. The average Bonchev–Trinajstić information content (AvgIpc) is 3.01. The number of nitrogens with one attached hydrogen (secondary N) is 1. The van der Waals surface area contributed by atoms with Crippen LogP contribution in [0.5, 0.6) is 5.75 Å². The van der Waals surface area contributed by atoms with Gasteiger partial charge in [0.25, 0.3) is 0 Å². The lowest BCUT2D eigenvalue weighted by molar-refractivity contribution is 0.221. The monoisotopic (exact) mass is 281 g/mol. The van der Waals surface area contributed by atoms with E-state index in [9.17, 15) is 4.39 Å². The Morgan fingerprint density at radius 1 is 1.42 bits per heavy atom. The third-order valence-corrected chi connectivity index (χ3v) is 5.21. The van der Waals surface area contributed by atoms with E-state index in [2.05, 4.69) is 11.6 Å². The van der Waals surface area contributed by atoms with Gasteiger partial charge in [-0.15, -0.1) is 0 Å². The molecule has 0 aromatic heterocycles. The summed E-state index contributed by atoms with van der Waals surface area (Å²) in [6, 6.07) is 5.43. The predicted octanol–water partition coefficient (Wildman–Crippen LogP) is 3.00. The molecule has 3 atom stereocenters. The van der Waals surface area contributed by atoms with E-state index in [-0.39, 0.29) is 11.9 Å². The third-order valence-electron chi connectivity index (χ3n) is 4.12. The zero-order valence-corrected chi connectivity index (χ0v) is 12.0. The second kappa shape index (κ2) is 5.71. The van der Waals surface area contributed by atoms with Crippen molar-refractivity contribution in [3.8, 4) is 5.75 Å². The maximum atomic E-state index is 13.1. The maximum absolute atomic E-state index is 13.1. The largest absolute Gasteiger partial charge is 0.488 e. The highest BCUT2D eigenvalue weighted by molar-refractivity contribution is 7.99. The molecule has 1 fully saturated rings. The molecule has 2 nitrogen and oxygen atoms in total. The molecule has 1 aromatic rings. The van der Waals surface area contributed by atoms with Gasteiger partial charge in [0.1, 0.15) is 17.7 Å². The zero-order chi connectivity index (χ0) is 13.2. The fourth-order valence-corrected chi connectivity index (χ4v) is 3.84. The van der Waals surface area contributed by atoms with Crippen LogP contribution in [0.15, 0.2) is 18.2 Å². The van der Waals surface area contributed by atoms with Gasteiger partial charge in [-0.25, -0.2) is 4.39 Å². The van der Waals surface area contributed by atoms with Crippen LogP contribution in [0.3, 0.4) is 0 Å². The maximum Gasteiger partial charge on any atom is 0.123 e. The van der Waals surface area contributed by atoms with Crippen molar-refractivity contribution >= 4 is 11.8 Å². The van der Waals surface area contributed by atoms with Crippen LogP contribution in [0.4, 0.5) is 4.39 Å². The molecule has 0 radical (unpaired) electrons. The molecule has 3 rings (SSSR count). The molecule has 1 aliphatic heterocycles. The Bertz CT molecular complexity index is 454. The Hall–Kier alpha value is -0.740. The van der Waals surface area contributed by atoms with Gasteiger partial charge in [-0.3, -0.25) is 0 Å². The van der Waals surface area contributed by atoms with Gasteiger partial charge in [0, 0.05) is 29.8 Å². The van der Waals surface area contributed by atoms with Crippen molar-refractivity contribution in [2.24, 2.45) is 0 Å². The van der Waals surface area contributed by atoms with Crippen LogP contribution in [0.1, 0.15) is 24.8 Å². The minimum absolute atomic E-state index is 0.158. The van der Waals surface area contributed by atoms with Gasteiger partial charge in [-0.2, -0.15) is 11.8 Å². The van der Waals surface area contributed by atoms with E-state index >= 15 is 0 Å². The highest BCUT2D eigenvalue weighted by Crippen LogP contribution is 2.30. The van der Waals surface area contributed by atoms with E-state index in [1.807, 2.05) is 11.8 Å². The number of fused-ring (bicyclic) bond motifs is 1. The summed E-state index contributed by atoms with van der Waals surface area (Å²) in [5, 5.41) is 4.42. The summed E-state index contributed by atoms with van der Waals surface area (Å²) in [6.07, 6.45) is 7.01. The first-order valence-electron chi connectivity index (χ1n) is 6.96. The summed E-state index contributed by atoms with van der Waals surface area (Å²) in [6.45, 7) is 0.863. The third kappa shape index (κ3) is 3.06. The molecule has 19 heavy (non-hydrogen) atoms. The highest BCUT2D eigenvalue weighted by Gasteiger charge is 2.27. The molecule has 1 aliphatic carbocycles. The molecule has 0 saturated heterocycles. The van der Waals surface area contributed by atoms with Gasteiger partial charge in [-0.05, 0) is 43.7 Å². The average molecular weight is 281 g/mol. The number of hydrogen-bond acceptors (Lipinski definition) is 3. The zero-order valence-electron chi connectivity index (χ0n) is 11.2. The topological polar surface area (TPSA) is 21.3 Å². The molecule has 1 heterocycles. The summed E-state index contributed by atoms with van der Waals surface area (Å²) in [7, 11) is 0. The van der Waals surface area contributed by atoms with Crippen molar-refractivity contribution in [3.05, 3.63) is 29.6 Å². The minimum Gasteiger partial charge on any atom is -0.488 e. The Labute approximate surface area is 118 Å².